The number of anilines is 1. The number of nitrogens with zero attached hydrogens (tertiary/aromatic N) is 2. The number of para-hydroxylation sites is 1. The lowest BCUT2D eigenvalue weighted by Crippen LogP contribution is -2.41. The van der Waals surface area contributed by atoms with Crippen LogP contribution in [0.5, 0.6) is 5.88 Å². The molecule has 0 bridgehead atoms. The molecule has 1 amide bonds. The van der Waals surface area contributed by atoms with Gasteiger partial charge >= 0.3 is 0 Å². The topological polar surface area (TPSA) is 54.5 Å². The van der Waals surface area contributed by atoms with E-state index in [1.807, 2.05) is 31.2 Å². The third kappa shape index (κ3) is 3.26. The molecule has 2 atom stereocenters. The van der Waals surface area contributed by atoms with Gasteiger partial charge in [-0.1, -0.05) is 18.2 Å². The lowest BCUT2D eigenvalue weighted by atomic mass is 10.00. The molecule has 7 heteroatoms. The monoisotopic (exact) mass is 397 g/mol. The van der Waals surface area contributed by atoms with Gasteiger partial charge in [0, 0.05) is 36.3 Å². The zero-order chi connectivity index (χ0) is 20.7. The van der Waals surface area contributed by atoms with E-state index in [-0.39, 0.29) is 17.8 Å². The van der Waals surface area contributed by atoms with Crippen LogP contribution in [0.25, 0.3) is 10.8 Å². The molecule has 1 N–H and O–H groups in total. The predicted molar refractivity (Wildman–Crippen MR) is 107 cm³/mol. The van der Waals surface area contributed by atoms with Gasteiger partial charge < -0.3 is 15.0 Å². The molecule has 0 radical (unpaired) electrons. The number of nitrogens with one attached hydrogen (secondary N) is 1. The Bertz CT molecular complexity index is 1080. The smallest absolute Gasteiger partial charge is 0.245 e. The van der Waals surface area contributed by atoms with E-state index in [0.717, 1.165) is 23.4 Å². The Balaban J connectivity index is 1.66. The van der Waals surface area contributed by atoms with Crippen molar-refractivity contribution in [2.75, 3.05) is 19.5 Å². The van der Waals surface area contributed by atoms with E-state index < -0.39 is 17.7 Å². The summed E-state index contributed by atoms with van der Waals surface area (Å²) in [5.41, 5.74) is 2.67. The van der Waals surface area contributed by atoms with Gasteiger partial charge in [0.1, 0.15) is 6.04 Å². The first-order valence-corrected chi connectivity index (χ1v) is 9.33. The number of hydrogen-bond donors (Lipinski definition) is 1. The molecule has 0 aliphatic carbocycles. The minimum atomic E-state index is -0.972. The first-order chi connectivity index (χ1) is 13.9. The molecule has 1 aliphatic heterocycles. The third-order valence-electron chi connectivity index (χ3n) is 5.56. The molecule has 29 heavy (non-hydrogen) atoms. The average Bonchev–Trinajstić information content (AvgIpc) is 3.16. The van der Waals surface area contributed by atoms with E-state index in [9.17, 15) is 13.6 Å². The highest BCUT2D eigenvalue weighted by molar-refractivity contribution is 5.91. The minimum absolute atomic E-state index is 0.0831. The van der Waals surface area contributed by atoms with Crippen LogP contribution in [-0.4, -0.2) is 36.0 Å². The molecule has 0 saturated heterocycles. The van der Waals surface area contributed by atoms with Crippen LogP contribution in [0.15, 0.2) is 42.6 Å². The molecule has 3 aromatic rings. The fraction of sp³-hybridized carbons (Fsp3) is 0.273. The Morgan fingerprint density at radius 2 is 1.93 bits per heavy atom. The van der Waals surface area contributed by atoms with Crippen LogP contribution in [0, 0.1) is 11.6 Å². The quantitative estimate of drug-likeness (QED) is 0.721. The molecule has 1 aromatic heterocycles. The number of carbonyl (C=O) groups excluding carboxylic acids is 1. The number of aromatic nitrogens is 1. The van der Waals surface area contributed by atoms with E-state index in [2.05, 4.69) is 10.3 Å². The zero-order valence-electron chi connectivity index (χ0n) is 16.4. The summed E-state index contributed by atoms with van der Waals surface area (Å²) in [4.78, 5) is 18.9. The molecule has 0 unspecified atom stereocenters. The van der Waals surface area contributed by atoms with Gasteiger partial charge in [0.05, 0.1) is 13.2 Å². The number of amides is 1. The summed E-state index contributed by atoms with van der Waals surface area (Å²) in [6, 6.07) is 9.25. The Hall–Kier alpha value is -3.22. The van der Waals surface area contributed by atoms with Crippen molar-refractivity contribution in [2.24, 2.45) is 0 Å². The number of benzene rings is 2. The summed E-state index contributed by atoms with van der Waals surface area (Å²) >= 11 is 0. The van der Waals surface area contributed by atoms with Crippen LogP contribution < -0.4 is 10.1 Å². The molecule has 0 spiro atoms. The van der Waals surface area contributed by atoms with Gasteiger partial charge in [-0.15, -0.1) is 0 Å². The number of rotatable bonds is 4. The summed E-state index contributed by atoms with van der Waals surface area (Å²) in [5, 5.41) is 4.08. The number of methoxy groups -OCH3 is 1. The maximum atomic E-state index is 14.0. The molecule has 150 valence electrons. The van der Waals surface area contributed by atoms with Crippen molar-refractivity contribution >= 4 is 22.4 Å². The maximum absolute atomic E-state index is 14.0. The second-order valence-electron chi connectivity index (χ2n) is 7.22. The molecule has 0 fully saturated rings. The van der Waals surface area contributed by atoms with Crippen molar-refractivity contribution in [2.45, 2.75) is 25.4 Å². The van der Waals surface area contributed by atoms with E-state index >= 15 is 0 Å². The van der Waals surface area contributed by atoms with Gasteiger partial charge in [0.2, 0.25) is 11.8 Å². The first-order valence-electron chi connectivity index (χ1n) is 9.33. The number of carbonyl (C=O) groups is 1. The highest BCUT2D eigenvalue weighted by Gasteiger charge is 2.31. The molecule has 4 rings (SSSR count). The molecular formula is C22H21F2N3O2. The number of pyridine rings is 1. The molecule has 2 heterocycles. The second kappa shape index (κ2) is 7.31. The zero-order valence-corrected chi connectivity index (χ0v) is 16.4. The predicted octanol–water partition coefficient (Wildman–Crippen LogP) is 4.08. The number of ether oxygens (including phenoxy) is 1. The molecule has 2 aromatic carbocycles. The van der Waals surface area contributed by atoms with E-state index in [1.54, 1.807) is 18.1 Å². The van der Waals surface area contributed by atoms with Crippen molar-refractivity contribution in [1.29, 1.82) is 0 Å². The van der Waals surface area contributed by atoms with Crippen LogP contribution in [0.1, 0.15) is 24.1 Å². The average molecular weight is 397 g/mol. The first kappa shape index (κ1) is 19.1. The summed E-state index contributed by atoms with van der Waals surface area (Å²) < 4.78 is 32.9. The lowest BCUT2D eigenvalue weighted by molar-refractivity contribution is -0.132. The summed E-state index contributed by atoms with van der Waals surface area (Å²) in [5.74, 6) is -1.81. The number of halogens is 2. The van der Waals surface area contributed by atoms with Gasteiger partial charge in [0.25, 0.3) is 0 Å². The number of hydrogen-bond acceptors (Lipinski definition) is 4. The standard InChI is InChI=1S/C22H21F2N3O2/c1-12(27(2)22(28)20-8-13-6-4-5-7-19(13)26-20)16-11-25-21(29-3)15-10-18(24)17(23)9-14(15)16/h4-7,9-12,20,26H,8H2,1-3H3/t12-,20+/m0/s1. The van der Waals surface area contributed by atoms with E-state index in [1.165, 1.54) is 7.11 Å². The highest BCUT2D eigenvalue weighted by Crippen LogP contribution is 2.34. The second-order valence-corrected chi connectivity index (χ2v) is 7.22. The van der Waals surface area contributed by atoms with Crippen molar-refractivity contribution in [3.63, 3.8) is 0 Å². The molecule has 5 nitrogen and oxygen atoms in total. The minimum Gasteiger partial charge on any atom is -0.481 e. The van der Waals surface area contributed by atoms with Crippen molar-refractivity contribution < 1.29 is 18.3 Å². The van der Waals surface area contributed by atoms with Gasteiger partial charge in [-0.05, 0) is 36.1 Å². The molecular weight excluding hydrogens is 376 g/mol. The highest BCUT2D eigenvalue weighted by atomic mass is 19.2. The van der Waals surface area contributed by atoms with Gasteiger partial charge in [-0.25, -0.2) is 13.8 Å². The summed E-state index contributed by atoms with van der Waals surface area (Å²) in [6.07, 6.45) is 2.15. The summed E-state index contributed by atoms with van der Waals surface area (Å²) in [7, 11) is 3.12. The number of likely N-dealkylation sites (N-methyl/N-ethyl adjacent to an activating group) is 1. The number of fused-ring (bicyclic) bond motifs is 2. The SMILES string of the molecule is COc1ncc([C@H](C)N(C)C(=O)[C@H]2Cc3ccccc3N2)c2cc(F)c(F)cc12. The van der Waals surface area contributed by atoms with E-state index in [0.29, 0.717) is 22.8 Å². The lowest BCUT2D eigenvalue weighted by Gasteiger charge is -2.29. The van der Waals surface area contributed by atoms with Crippen LogP contribution in [-0.2, 0) is 11.2 Å². The van der Waals surface area contributed by atoms with Gasteiger partial charge in [-0.3, -0.25) is 4.79 Å². The Morgan fingerprint density at radius 3 is 2.62 bits per heavy atom. The normalized spacial score (nSPS) is 16.2. The largest absolute Gasteiger partial charge is 0.481 e. The van der Waals surface area contributed by atoms with Crippen molar-refractivity contribution in [3.8, 4) is 5.88 Å². The Labute approximate surface area is 167 Å². The van der Waals surface area contributed by atoms with Crippen LogP contribution in [0.2, 0.25) is 0 Å². The third-order valence-corrected chi connectivity index (χ3v) is 5.56. The maximum Gasteiger partial charge on any atom is 0.245 e. The fourth-order valence-electron chi connectivity index (χ4n) is 3.82. The molecule has 0 saturated carbocycles. The van der Waals surface area contributed by atoms with Crippen LogP contribution >= 0.6 is 0 Å². The van der Waals surface area contributed by atoms with Gasteiger partial charge in [-0.2, -0.15) is 0 Å². The van der Waals surface area contributed by atoms with Crippen LogP contribution in [0.4, 0.5) is 14.5 Å². The van der Waals surface area contributed by atoms with E-state index in [4.69, 9.17) is 4.74 Å². The van der Waals surface area contributed by atoms with Gasteiger partial charge in [0.15, 0.2) is 11.6 Å². The Kier molecular flexibility index (Phi) is 4.82. The van der Waals surface area contributed by atoms with Crippen LogP contribution in [0.3, 0.4) is 0 Å². The van der Waals surface area contributed by atoms with Crippen molar-refractivity contribution in [3.05, 3.63) is 65.4 Å². The fourth-order valence-corrected chi connectivity index (χ4v) is 3.82. The van der Waals surface area contributed by atoms with Crippen molar-refractivity contribution in [1.82, 2.24) is 9.88 Å². The Morgan fingerprint density at radius 1 is 1.24 bits per heavy atom. The summed E-state index contributed by atoms with van der Waals surface area (Å²) in [6.45, 7) is 1.84. The molecule has 1 aliphatic rings.